The van der Waals surface area contributed by atoms with Crippen LogP contribution in [-0.4, -0.2) is 76.7 Å². The lowest BCUT2D eigenvalue weighted by Crippen LogP contribution is -2.41. The fraction of sp³-hybridized carbons (Fsp3) is 0.591. The first kappa shape index (κ1) is 26.5. The lowest BCUT2D eigenvalue weighted by molar-refractivity contribution is 0.0376. The van der Waals surface area contributed by atoms with Crippen LogP contribution in [-0.2, 0) is 18.3 Å². The molecular weight excluding hydrogens is 521 g/mol. The van der Waals surface area contributed by atoms with Crippen LogP contribution in [0.15, 0.2) is 35.3 Å². The number of aryl methyl sites for hydroxylation is 1. The fourth-order valence-electron chi connectivity index (χ4n) is 3.42. The fourth-order valence-corrected chi connectivity index (χ4v) is 3.42. The number of aliphatic imine (C=N–C) groups is 1. The average molecular weight is 557 g/mol. The van der Waals surface area contributed by atoms with E-state index in [2.05, 4.69) is 30.7 Å². The van der Waals surface area contributed by atoms with Gasteiger partial charge in [-0.25, -0.2) is 4.99 Å². The number of hydrogen-bond acceptors (Lipinski definition) is 6. The first-order valence-corrected chi connectivity index (χ1v) is 11.0. The predicted octanol–water partition coefficient (Wildman–Crippen LogP) is 1.62. The van der Waals surface area contributed by atoms with E-state index in [9.17, 15) is 5.11 Å². The summed E-state index contributed by atoms with van der Waals surface area (Å²) in [5.41, 5.74) is 0.927. The number of nitrogens with zero attached hydrogens (tertiary/aromatic N) is 5. The first-order chi connectivity index (χ1) is 15.1. The Morgan fingerprint density at radius 2 is 1.88 bits per heavy atom. The van der Waals surface area contributed by atoms with E-state index >= 15 is 0 Å². The van der Waals surface area contributed by atoms with Gasteiger partial charge in [-0.15, -0.1) is 34.2 Å². The molecule has 0 aliphatic carbocycles. The maximum atomic E-state index is 10.4. The molecule has 9 nitrogen and oxygen atoms in total. The minimum absolute atomic E-state index is 0. The highest BCUT2D eigenvalue weighted by molar-refractivity contribution is 14.0. The Kier molecular flexibility index (Phi) is 11.9. The molecule has 3 N–H and O–H groups in total. The lowest BCUT2D eigenvalue weighted by atomic mass is 10.1. The number of halogens is 1. The van der Waals surface area contributed by atoms with Gasteiger partial charge in [-0.2, -0.15) is 0 Å². The second kappa shape index (κ2) is 14.4. The predicted molar refractivity (Wildman–Crippen MR) is 136 cm³/mol. The van der Waals surface area contributed by atoms with Gasteiger partial charge in [-0.1, -0.05) is 30.3 Å². The van der Waals surface area contributed by atoms with Crippen molar-refractivity contribution in [2.45, 2.75) is 32.4 Å². The number of ether oxygens (including phenoxy) is 1. The topological polar surface area (TPSA) is 99.8 Å². The minimum Gasteiger partial charge on any atom is -0.388 e. The summed E-state index contributed by atoms with van der Waals surface area (Å²) in [5, 5.41) is 25.4. The maximum Gasteiger partial charge on any atom is 0.191 e. The number of hydrogen-bond donors (Lipinski definition) is 3. The van der Waals surface area contributed by atoms with E-state index in [0.29, 0.717) is 19.5 Å². The number of aliphatic hydroxyl groups is 1. The van der Waals surface area contributed by atoms with Crippen molar-refractivity contribution in [1.82, 2.24) is 30.3 Å². The molecule has 2 heterocycles. The molecule has 1 aromatic carbocycles. The van der Waals surface area contributed by atoms with Crippen molar-refractivity contribution in [2.24, 2.45) is 12.0 Å². The summed E-state index contributed by atoms with van der Waals surface area (Å²) in [7, 11) is 1.94. The van der Waals surface area contributed by atoms with Gasteiger partial charge in [0.25, 0.3) is 0 Å². The molecule has 1 aromatic heterocycles. The molecule has 178 valence electrons. The normalized spacial score (nSPS) is 15.8. The van der Waals surface area contributed by atoms with Crippen molar-refractivity contribution in [3.63, 3.8) is 0 Å². The summed E-state index contributed by atoms with van der Waals surface area (Å²) in [6.07, 6.45) is 1.12. The minimum atomic E-state index is -0.502. The largest absolute Gasteiger partial charge is 0.388 e. The molecule has 1 fully saturated rings. The molecule has 32 heavy (non-hydrogen) atoms. The SMILES string of the molecule is Cc1nnc(CN=C(NCCCN2CCOCC2)NCCC(O)c2ccccc2)n1C.I. The average Bonchev–Trinajstić information content (AvgIpc) is 3.13. The summed E-state index contributed by atoms with van der Waals surface area (Å²) in [6, 6.07) is 9.73. The van der Waals surface area contributed by atoms with Crippen LogP contribution in [0, 0.1) is 6.92 Å². The molecule has 10 heteroatoms. The van der Waals surface area contributed by atoms with Gasteiger partial charge in [-0.05, 0) is 31.9 Å². The highest BCUT2D eigenvalue weighted by Crippen LogP contribution is 2.14. The van der Waals surface area contributed by atoms with Crippen LogP contribution in [0.2, 0.25) is 0 Å². The van der Waals surface area contributed by atoms with Crippen molar-refractivity contribution < 1.29 is 9.84 Å². The highest BCUT2D eigenvalue weighted by Gasteiger charge is 2.11. The molecule has 0 radical (unpaired) electrons. The number of benzene rings is 1. The lowest BCUT2D eigenvalue weighted by Gasteiger charge is -2.26. The maximum absolute atomic E-state index is 10.4. The van der Waals surface area contributed by atoms with Gasteiger partial charge in [0.2, 0.25) is 0 Å². The molecular formula is C22H36IN7O2. The Labute approximate surface area is 207 Å². The molecule has 1 aliphatic rings. The van der Waals surface area contributed by atoms with Gasteiger partial charge in [0, 0.05) is 33.2 Å². The Hall–Kier alpha value is -1.76. The van der Waals surface area contributed by atoms with Gasteiger partial charge in [-0.3, -0.25) is 4.90 Å². The summed E-state index contributed by atoms with van der Waals surface area (Å²) in [4.78, 5) is 7.10. The third-order valence-corrected chi connectivity index (χ3v) is 5.50. The number of morpholine rings is 1. The van der Waals surface area contributed by atoms with E-state index in [1.807, 2.05) is 48.9 Å². The molecule has 0 saturated carbocycles. The molecule has 1 aliphatic heterocycles. The van der Waals surface area contributed by atoms with E-state index in [1.165, 1.54) is 0 Å². The Bertz CT molecular complexity index is 810. The highest BCUT2D eigenvalue weighted by atomic mass is 127. The summed E-state index contributed by atoms with van der Waals surface area (Å²) in [5.74, 6) is 2.41. The monoisotopic (exact) mass is 557 g/mol. The van der Waals surface area contributed by atoms with Gasteiger partial charge >= 0.3 is 0 Å². The molecule has 1 saturated heterocycles. The second-order valence-electron chi connectivity index (χ2n) is 7.76. The van der Waals surface area contributed by atoms with Gasteiger partial charge in [0.15, 0.2) is 11.8 Å². The van der Waals surface area contributed by atoms with Crippen molar-refractivity contribution in [3.05, 3.63) is 47.5 Å². The van der Waals surface area contributed by atoms with E-state index < -0.39 is 6.10 Å². The molecule has 1 unspecified atom stereocenters. The number of guanidine groups is 1. The standard InChI is InChI=1S/C22H35N7O2.HI/c1-18-26-27-21(28(18)2)17-25-22(23-10-6-12-29-13-15-31-16-14-29)24-11-9-20(30)19-7-4-3-5-8-19;/h3-5,7-8,20,30H,6,9-17H2,1-2H3,(H2,23,24,25);1H. The number of aliphatic hydroxyl groups excluding tert-OH is 1. The molecule has 1 atom stereocenters. The zero-order valence-electron chi connectivity index (χ0n) is 19.0. The van der Waals surface area contributed by atoms with Crippen molar-refractivity contribution in [1.29, 1.82) is 0 Å². The van der Waals surface area contributed by atoms with Crippen LogP contribution in [0.25, 0.3) is 0 Å². The molecule has 2 aromatic rings. The summed E-state index contributed by atoms with van der Waals surface area (Å²) in [6.45, 7) is 8.49. The van der Waals surface area contributed by atoms with Crippen molar-refractivity contribution in [2.75, 3.05) is 45.9 Å². The quantitative estimate of drug-likeness (QED) is 0.177. The summed E-state index contributed by atoms with van der Waals surface area (Å²) < 4.78 is 7.35. The van der Waals surface area contributed by atoms with E-state index in [4.69, 9.17) is 4.74 Å². The van der Waals surface area contributed by atoms with Crippen LogP contribution < -0.4 is 10.6 Å². The van der Waals surface area contributed by atoms with E-state index in [0.717, 1.165) is 69.0 Å². The Morgan fingerprint density at radius 3 is 2.56 bits per heavy atom. The molecule has 0 spiro atoms. The number of rotatable bonds is 10. The van der Waals surface area contributed by atoms with Crippen molar-refractivity contribution in [3.8, 4) is 0 Å². The Morgan fingerprint density at radius 1 is 1.16 bits per heavy atom. The van der Waals surface area contributed by atoms with Crippen LogP contribution >= 0.6 is 24.0 Å². The van der Waals surface area contributed by atoms with Crippen LogP contribution in [0.3, 0.4) is 0 Å². The molecule has 0 amide bonds. The van der Waals surface area contributed by atoms with Crippen LogP contribution in [0.1, 0.15) is 36.2 Å². The Balaban J connectivity index is 0.00000363. The molecule has 0 bridgehead atoms. The van der Waals surface area contributed by atoms with Crippen molar-refractivity contribution >= 4 is 29.9 Å². The smallest absolute Gasteiger partial charge is 0.191 e. The van der Waals surface area contributed by atoms with Crippen LogP contribution in [0.4, 0.5) is 0 Å². The number of aromatic nitrogens is 3. The summed E-state index contributed by atoms with van der Waals surface area (Å²) >= 11 is 0. The van der Waals surface area contributed by atoms with Gasteiger partial charge in [0.05, 0.1) is 19.3 Å². The zero-order valence-corrected chi connectivity index (χ0v) is 21.4. The van der Waals surface area contributed by atoms with E-state index in [1.54, 1.807) is 0 Å². The van der Waals surface area contributed by atoms with Crippen LogP contribution in [0.5, 0.6) is 0 Å². The third-order valence-electron chi connectivity index (χ3n) is 5.50. The number of nitrogens with one attached hydrogen (secondary N) is 2. The zero-order chi connectivity index (χ0) is 21.9. The van der Waals surface area contributed by atoms with Gasteiger partial charge < -0.3 is 25.0 Å². The third kappa shape index (κ3) is 8.64. The van der Waals surface area contributed by atoms with E-state index in [-0.39, 0.29) is 24.0 Å². The van der Waals surface area contributed by atoms with Gasteiger partial charge in [0.1, 0.15) is 12.4 Å². The molecule has 3 rings (SSSR count). The first-order valence-electron chi connectivity index (χ1n) is 11.0. The second-order valence-corrected chi connectivity index (χ2v) is 7.76.